The quantitative estimate of drug-likeness (QED) is 0.550. The van der Waals surface area contributed by atoms with Gasteiger partial charge in [0.15, 0.2) is 0 Å². The topological polar surface area (TPSA) is 90.1 Å². The summed E-state index contributed by atoms with van der Waals surface area (Å²) in [6.45, 7) is 0. The maximum absolute atomic E-state index is 8.10. The molecule has 0 saturated heterocycles. The molecule has 0 amide bonds. The minimum absolute atomic E-state index is 0.619. The third-order valence-corrected chi connectivity index (χ3v) is 1.31. The second-order valence-electron chi connectivity index (χ2n) is 2.17. The molecule has 0 aromatic heterocycles. The van der Waals surface area contributed by atoms with Crippen LogP contribution in [0.4, 0.5) is 11.4 Å². The Morgan fingerprint density at radius 1 is 0.857 bits per heavy atom. The summed E-state index contributed by atoms with van der Waals surface area (Å²) in [4.78, 5) is 8.58. The highest BCUT2D eigenvalue weighted by Gasteiger charge is 1.93. The van der Waals surface area contributed by atoms with E-state index >= 15 is 0 Å². The summed E-state index contributed by atoms with van der Waals surface area (Å²) in [5, 5.41) is 16.2. The van der Waals surface area contributed by atoms with Crippen LogP contribution in [0, 0.1) is 23.0 Å². The number of nitriles is 2. The maximum atomic E-state index is 8.10. The van der Waals surface area contributed by atoms with Gasteiger partial charge >= 0.3 is 12.5 Å². The fourth-order valence-electron chi connectivity index (χ4n) is 0.770. The van der Waals surface area contributed by atoms with Crippen molar-refractivity contribution in [2.24, 2.45) is 0 Å². The van der Waals surface area contributed by atoms with E-state index in [0.717, 1.165) is 0 Å². The summed E-state index contributed by atoms with van der Waals surface area (Å²) in [7, 11) is 0. The number of hydrogen-bond donors (Lipinski definition) is 2. The number of rotatable bonds is 4. The van der Waals surface area contributed by atoms with Gasteiger partial charge < -0.3 is 9.68 Å². The molecule has 0 fully saturated rings. The number of hydrogen-bond acceptors (Lipinski definition) is 6. The normalized spacial score (nSPS) is 7.86. The van der Waals surface area contributed by atoms with Crippen molar-refractivity contribution in [1.82, 2.24) is 0 Å². The first-order valence-corrected chi connectivity index (χ1v) is 3.59. The zero-order valence-electron chi connectivity index (χ0n) is 7.02. The summed E-state index contributed by atoms with van der Waals surface area (Å²) in [5.74, 6) is 0. The van der Waals surface area contributed by atoms with Crippen LogP contribution in [0.2, 0.25) is 0 Å². The molecule has 70 valence electrons. The third-order valence-electron chi connectivity index (χ3n) is 1.31. The van der Waals surface area contributed by atoms with Gasteiger partial charge in [0.1, 0.15) is 0 Å². The van der Waals surface area contributed by atoms with Crippen molar-refractivity contribution >= 4 is 11.4 Å². The van der Waals surface area contributed by atoms with Gasteiger partial charge in [0.05, 0.1) is 11.4 Å². The van der Waals surface area contributed by atoms with Crippen molar-refractivity contribution in [3.05, 3.63) is 24.3 Å². The molecule has 0 bridgehead atoms. The Morgan fingerprint density at radius 3 is 1.50 bits per heavy atom. The Labute approximate surface area is 80.2 Å². The Kier molecular flexibility index (Phi) is 3.47. The van der Waals surface area contributed by atoms with Crippen LogP contribution in [0.5, 0.6) is 0 Å². The van der Waals surface area contributed by atoms with E-state index in [-0.39, 0.29) is 0 Å². The Bertz CT molecular complexity index is 325. The molecule has 6 heteroatoms. The number of nitrogens with one attached hydrogen (secondary N) is 2. The lowest BCUT2D eigenvalue weighted by molar-refractivity contribution is 0.352. The molecule has 0 aliphatic carbocycles. The van der Waals surface area contributed by atoms with E-state index < -0.39 is 0 Å². The largest absolute Gasteiger partial charge is 0.314 e. The highest BCUT2D eigenvalue weighted by Crippen LogP contribution is 2.12. The molecule has 0 radical (unpaired) electrons. The molecule has 2 N–H and O–H groups in total. The summed E-state index contributed by atoms with van der Waals surface area (Å²) in [6, 6.07) is 6.61. The van der Waals surface area contributed by atoms with E-state index in [1.165, 1.54) is 12.5 Å². The number of benzene rings is 1. The zero-order chi connectivity index (χ0) is 10.2. The van der Waals surface area contributed by atoms with Gasteiger partial charge in [-0.25, -0.2) is 11.0 Å². The van der Waals surface area contributed by atoms with Crippen LogP contribution in [-0.2, 0) is 9.68 Å². The SMILES string of the molecule is N#CONc1ccc(NOC#N)cc1. The van der Waals surface area contributed by atoms with Gasteiger partial charge in [-0.3, -0.25) is 0 Å². The zero-order valence-corrected chi connectivity index (χ0v) is 7.02. The van der Waals surface area contributed by atoms with Crippen molar-refractivity contribution in [2.75, 3.05) is 11.0 Å². The number of anilines is 2. The van der Waals surface area contributed by atoms with Gasteiger partial charge in [-0.1, -0.05) is 0 Å². The molecular formula is C8H6N4O2. The highest BCUT2D eigenvalue weighted by atomic mass is 16.6. The first-order chi connectivity index (χ1) is 6.86. The number of nitrogens with zero attached hydrogens (tertiary/aromatic N) is 2. The third kappa shape index (κ3) is 2.80. The lowest BCUT2D eigenvalue weighted by Gasteiger charge is -2.03. The van der Waals surface area contributed by atoms with Crippen molar-refractivity contribution in [2.45, 2.75) is 0 Å². The molecule has 0 heterocycles. The van der Waals surface area contributed by atoms with Gasteiger partial charge in [0.2, 0.25) is 0 Å². The van der Waals surface area contributed by atoms with Crippen LogP contribution in [0.3, 0.4) is 0 Å². The van der Waals surface area contributed by atoms with E-state index in [0.29, 0.717) is 11.4 Å². The molecule has 1 aromatic carbocycles. The van der Waals surface area contributed by atoms with Crippen LogP contribution >= 0.6 is 0 Å². The minimum atomic E-state index is 0.619. The second-order valence-corrected chi connectivity index (χ2v) is 2.17. The predicted molar refractivity (Wildman–Crippen MR) is 47.1 cm³/mol. The van der Waals surface area contributed by atoms with E-state index in [1.807, 2.05) is 0 Å². The van der Waals surface area contributed by atoms with Gasteiger partial charge in [0.25, 0.3) is 0 Å². The maximum Gasteiger partial charge on any atom is 0.314 e. The molecular weight excluding hydrogens is 184 g/mol. The average molecular weight is 190 g/mol. The molecule has 14 heavy (non-hydrogen) atoms. The molecule has 0 aliphatic rings. The molecule has 0 spiro atoms. The van der Waals surface area contributed by atoms with E-state index in [9.17, 15) is 0 Å². The van der Waals surface area contributed by atoms with Gasteiger partial charge in [0, 0.05) is 0 Å². The van der Waals surface area contributed by atoms with E-state index in [2.05, 4.69) is 20.6 Å². The summed E-state index contributed by atoms with van der Waals surface area (Å²) >= 11 is 0. The van der Waals surface area contributed by atoms with Crippen LogP contribution in [0.15, 0.2) is 24.3 Å². The van der Waals surface area contributed by atoms with Gasteiger partial charge in [-0.15, -0.1) is 10.5 Å². The molecule has 6 nitrogen and oxygen atoms in total. The second kappa shape index (κ2) is 5.12. The summed E-state index contributed by atoms with van der Waals surface area (Å²) in [5.41, 5.74) is 6.00. The molecule has 1 rings (SSSR count). The standard InChI is InChI=1S/C8H6N4O2/c9-5-13-11-7-1-2-8(4-3-7)12-14-6-10/h1-4,11-12H. The fourth-order valence-corrected chi connectivity index (χ4v) is 0.770. The highest BCUT2D eigenvalue weighted by molar-refractivity contribution is 5.51. The van der Waals surface area contributed by atoms with Crippen molar-refractivity contribution in [1.29, 1.82) is 10.5 Å². The van der Waals surface area contributed by atoms with Crippen molar-refractivity contribution < 1.29 is 9.68 Å². The first kappa shape index (κ1) is 9.49. The smallest absolute Gasteiger partial charge is 0.302 e. The van der Waals surface area contributed by atoms with E-state index in [4.69, 9.17) is 10.5 Å². The molecule has 1 aromatic rings. The Balaban J connectivity index is 2.52. The Hall–Kier alpha value is -2.60. The van der Waals surface area contributed by atoms with Crippen LogP contribution in [-0.4, -0.2) is 0 Å². The molecule has 0 saturated carbocycles. The van der Waals surface area contributed by atoms with Crippen LogP contribution in [0.25, 0.3) is 0 Å². The predicted octanol–water partition coefficient (Wildman–Crippen LogP) is 1.34. The monoisotopic (exact) mass is 190 g/mol. The molecule has 0 aliphatic heterocycles. The molecule has 0 atom stereocenters. The minimum Gasteiger partial charge on any atom is -0.302 e. The van der Waals surface area contributed by atoms with Crippen LogP contribution in [0.1, 0.15) is 0 Å². The van der Waals surface area contributed by atoms with Gasteiger partial charge in [-0.2, -0.15) is 0 Å². The Morgan fingerprint density at radius 2 is 1.21 bits per heavy atom. The van der Waals surface area contributed by atoms with Gasteiger partial charge in [-0.05, 0) is 24.3 Å². The fraction of sp³-hybridized carbons (Fsp3) is 0. The first-order valence-electron chi connectivity index (χ1n) is 3.59. The average Bonchev–Trinajstić information content (AvgIpc) is 2.25. The summed E-state index contributed by atoms with van der Waals surface area (Å²) < 4.78 is 0. The van der Waals surface area contributed by atoms with Crippen LogP contribution < -0.4 is 11.0 Å². The lowest BCUT2D eigenvalue weighted by Crippen LogP contribution is -1.97. The van der Waals surface area contributed by atoms with E-state index in [1.54, 1.807) is 24.3 Å². The summed E-state index contributed by atoms with van der Waals surface area (Å²) in [6.07, 6.45) is 2.94. The lowest BCUT2D eigenvalue weighted by atomic mass is 10.3. The van der Waals surface area contributed by atoms with Crippen molar-refractivity contribution in [3.8, 4) is 12.5 Å². The molecule has 0 unspecified atom stereocenters. The van der Waals surface area contributed by atoms with Crippen molar-refractivity contribution in [3.63, 3.8) is 0 Å².